The van der Waals surface area contributed by atoms with Crippen LogP contribution in [0.1, 0.15) is 6.92 Å². The van der Waals surface area contributed by atoms with Crippen molar-refractivity contribution >= 4 is 45.7 Å². The summed E-state index contributed by atoms with van der Waals surface area (Å²) in [6, 6.07) is 15.2. The van der Waals surface area contributed by atoms with E-state index in [1.54, 1.807) is 6.20 Å². The highest BCUT2D eigenvalue weighted by molar-refractivity contribution is 6.34. The van der Waals surface area contributed by atoms with Crippen LogP contribution >= 0.6 is 11.6 Å². The Morgan fingerprint density at radius 2 is 1.83 bits per heavy atom. The summed E-state index contributed by atoms with van der Waals surface area (Å²) in [6.45, 7) is 6.46. The molecule has 1 amide bonds. The van der Waals surface area contributed by atoms with Crippen molar-refractivity contribution in [2.24, 2.45) is 0 Å². The molecule has 186 valence electrons. The van der Waals surface area contributed by atoms with Gasteiger partial charge in [-0.2, -0.15) is 0 Å². The Morgan fingerprint density at radius 1 is 1.11 bits per heavy atom. The van der Waals surface area contributed by atoms with Crippen molar-refractivity contribution in [2.75, 3.05) is 50.1 Å². The van der Waals surface area contributed by atoms with E-state index in [4.69, 9.17) is 21.1 Å². The van der Waals surface area contributed by atoms with Gasteiger partial charge in [0.2, 0.25) is 5.91 Å². The fraction of sp³-hybridized carbons (Fsp3) is 0.269. The van der Waals surface area contributed by atoms with Gasteiger partial charge in [-0.05, 0) is 48.5 Å². The summed E-state index contributed by atoms with van der Waals surface area (Å²) < 4.78 is 11.3. The minimum atomic E-state index is -0.118. The zero-order valence-corrected chi connectivity index (χ0v) is 20.6. The van der Waals surface area contributed by atoms with Crippen LogP contribution in [0.15, 0.2) is 54.7 Å². The Labute approximate surface area is 213 Å². The molecule has 0 unspecified atom stereocenters. The SMILES string of the molecule is CC(=O)Nc1ccc(Nc2c(Cl)cnc3nc(-c4ccc(OCCN5CCOCC5)cc4)[nH]c23)cc1. The molecule has 36 heavy (non-hydrogen) atoms. The molecular weight excluding hydrogens is 480 g/mol. The number of anilines is 3. The number of pyridine rings is 1. The lowest BCUT2D eigenvalue weighted by Gasteiger charge is -2.26. The smallest absolute Gasteiger partial charge is 0.221 e. The van der Waals surface area contributed by atoms with E-state index in [0.29, 0.717) is 34.3 Å². The number of nitrogens with zero attached hydrogens (tertiary/aromatic N) is 3. The summed E-state index contributed by atoms with van der Waals surface area (Å²) in [6.07, 6.45) is 1.58. The Kier molecular flexibility index (Phi) is 7.31. The van der Waals surface area contributed by atoms with E-state index >= 15 is 0 Å². The molecule has 0 saturated carbocycles. The van der Waals surface area contributed by atoms with Gasteiger partial charge < -0.3 is 25.1 Å². The van der Waals surface area contributed by atoms with Gasteiger partial charge in [-0.1, -0.05) is 11.6 Å². The molecule has 9 nitrogen and oxygen atoms in total. The molecule has 3 heterocycles. The number of carbonyl (C=O) groups excluding carboxylic acids is 1. The van der Waals surface area contributed by atoms with E-state index in [0.717, 1.165) is 55.5 Å². The first-order valence-electron chi connectivity index (χ1n) is 11.8. The van der Waals surface area contributed by atoms with Crippen LogP contribution in [0.25, 0.3) is 22.6 Å². The van der Waals surface area contributed by atoms with Gasteiger partial charge >= 0.3 is 0 Å². The topological polar surface area (TPSA) is 104 Å². The number of morpholine rings is 1. The number of ether oxygens (including phenoxy) is 2. The van der Waals surface area contributed by atoms with E-state index in [2.05, 4.69) is 30.5 Å². The van der Waals surface area contributed by atoms with E-state index in [1.807, 2.05) is 48.5 Å². The van der Waals surface area contributed by atoms with Crippen LogP contribution in [-0.2, 0) is 9.53 Å². The molecule has 0 atom stereocenters. The number of H-pyrrole nitrogens is 1. The number of benzene rings is 2. The van der Waals surface area contributed by atoms with Crippen LogP contribution in [0.3, 0.4) is 0 Å². The monoisotopic (exact) mass is 506 g/mol. The van der Waals surface area contributed by atoms with Crippen LogP contribution in [0.5, 0.6) is 5.75 Å². The van der Waals surface area contributed by atoms with E-state index in [9.17, 15) is 4.79 Å². The molecule has 0 radical (unpaired) electrons. The second kappa shape index (κ2) is 10.9. The minimum absolute atomic E-state index is 0.118. The second-order valence-corrected chi connectivity index (χ2v) is 8.88. The number of amides is 1. The van der Waals surface area contributed by atoms with Crippen LogP contribution in [0, 0.1) is 0 Å². The van der Waals surface area contributed by atoms with Crippen molar-refractivity contribution in [1.82, 2.24) is 19.9 Å². The van der Waals surface area contributed by atoms with Gasteiger partial charge in [-0.25, -0.2) is 9.97 Å². The van der Waals surface area contributed by atoms with Gasteiger partial charge in [0.15, 0.2) is 5.65 Å². The molecule has 4 aromatic rings. The molecule has 2 aromatic carbocycles. The third kappa shape index (κ3) is 5.76. The lowest BCUT2D eigenvalue weighted by Crippen LogP contribution is -2.38. The summed E-state index contributed by atoms with van der Waals surface area (Å²) in [5.41, 5.74) is 4.38. The van der Waals surface area contributed by atoms with Gasteiger partial charge in [-0.15, -0.1) is 0 Å². The summed E-state index contributed by atoms with van der Waals surface area (Å²) in [5.74, 6) is 1.38. The Bertz CT molecular complexity index is 1330. The maximum atomic E-state index is 11.2. The molecule has 1 aliphatic heterocycles. The highest BCUT2D eigenvalue weighted by Gasteiger charge is 2.14. The summed E-state index contributed by atoms with van der Waals surface area (Å²) in [4.78, 5) is 26.0. The van der Waals surface area contributed by atoms with Crippen molar-refractivity contribution in [3.05, 3.63) is 59.8 Å². The molecule has 1 aliphatic rings. The number of nitrogens with one attached hydrogen (secondary N) is 3. The van der Waals surface area contributed by atoms with Crippen LogP contribution < -0.4 is 15.4 Å². The predicted molar refractivity (Wildman–Crippen MR) is 141 cm³/mol. The third-order valence-electron chi connectivity index (χ3n) is 5.86. The molecule has 3 N–H and O–H groups in total. The molecule has 2 aromatic heterocycles. The molecule has 0 bridgehead atoms. The maximum Gasteiger partial charge on any atom is 0.221 e. The molecule has 5 rings (SSSR count). The van der Waals surface area contributed by atoms with Crippen molar-refractivity contribution in [3.63, 3.8) is 0 Å². The number of fused-ring (bicyclic) bond motifs is 1. The Balaban J connectivity index is 1.29. The second-order valence-electron chi connectivity index (χ2n) is 8.48. The first kappa shape index (κ1) is 24.1. The number of hydrogen-bond donors (Lipinski definition) is 3. The standard InChI is InChI=1S/C26H27ClN6O3/c1-17(34)29-19-4-6-20(7-5-19)30-23-22(27)16-28-26-24(23)31-25(32-26)18-2-8-21(9-3-18)36-15-12-33-10-13-35-14-11-33/h2-9,16H,10-15H2,1H3,(H,29,34)(H2,28,30,31,32). The first-order chi connectivity index (χ1) is 17.5. The zero-order valence-electron chi connectivity index (χ0n) is 19.9. The van der Waals surface area contributed by atoms with Gasteiger partial charge in [0, 0.05) is 43.5 Å². The van der Waals surface area contributed by atoms with E-state index in [1.165, 1.54) is 6.92 Å². The number of rotatable bonds is 8. The summed E-state index contributed by atoms with van der Waals surface area (Å²) in [7, 11) is 0. The molecule has 0 aliphatic carbocycles. The minimum Gasteiger partial charge on any atom is -0.492 e. The fourth-order valence-electron chi connectivity index (χ4n) is 4.00. The molecule has 1 fully saturated rings. The number of carbonyl (C=O) groups is 1. The number of hydrogen-bond acceptors (Lipinski definition) is 7. The lowest BCUT2D eigenvalue weighted by atomic mass is 10.2. The molecular formula is C26H27ClN6O3. The number of halogens is 1. The van der Waals surface area contributed by atoms with Gasteiger partial charge in [0.1, 0.15) is 23.7 Å². The molecule has 10 heteroatoms. The Morgan fingerprint density at radius 3 is 2.56 bits per heavy atom. The van der Waals surface area contributed by atoms with E-state index in [-0.39, 0.29) is 5.91 Å². The van der Waals surface area contributed by atoms with Crippen molar-refractivity contribution in [3.8, 4) is 17.1 Å². The summed E-state index contributed by atoms with van der Waals surface area (Å²) in [5, 5.41) is 6.55. The van der Waals surface area contributed by atoms with Crippen molar-refractivity contribution < 1.29 is 14.3 Å². The van der Waals surface area contributed by atoms with Crippen molar-refractivity contribution in [2.45, 2.75) is 6.92 Å². The molecule has 0 spiro atoms. The zero-order chi connectivity index (χ0) is 24.9. The van der Waals surface area contributed by atoms with Crippen LogP contribution in [-0.4, -0.2) is 65.2 Å². The predicted octanol–water partition coefficient (Wildman–Crippen LogP) is 4.69. The van der Waals surface area contributed by atoms with E-state index < -0.39 is 0 Å². The van der Waals surface area contributed by atoms with Crippen molar-refractivity contribution in [1.29, 1.82) is 0 Å². The van der Waals surface area contributed by atoms with Crippen LogP contribution in [0.2, 0.25) is 5.02 Å². The maximum absolute atomic E-state index is 11.2. The highest BCUT2D eigenvalue weighted by Crippen LogP contribution is 2.33. The first-order valence-corrected chi connectivity index (χ1v) is 12.2. The van der Waals surface area contributed by atoms with Gasteiger partial charge in [-0.3, -0.25) is 9.69 Å². The third-order valence-corrected chi connectivity index (χ3v) is 6.14. The fourth-order valence-corrected chi connectivity index (χ4v) is 4.19. The summed E-state index contributed by atoms with van der Waals surface area (Å²) >= 11 is 6.48. The lowest BCUT2D eigenvalue weighted by molar-refractivity contribution is -0.114. The average Bonchev–Trinajstić information content (AvgIpc) is 3.32. The number of aromatic nitrogens is 3. The normalized spacial score (nSPS) is 14.1. The average molecular weight is 507 g/mol. The van der Waals surface area contributed by atoms with Crippen LogP contribution in [0.4, 0.5) is 17.1 Å². The number of imidazole rings is 1. The Hall–Kier alpha value is -3.66. The van der Waals surface area contributed by atoms with Gasteiger partial charge in [0.05, 0.1) is 30.1 Å². The quantitative estimate of drug-likeness (QED) is 0.318. The molecule has 1 saturated heterocycles. The largest absolute Gasteiger partial charge is 0.492 e. The van der Waals surface area contributed by atoms with Gasteiger partial charge in [0.25, 0.3) is 0 Å². The number of aromatic amines is 1. The highest BCUT2D eigenvalue weighted by atomic mass is 35.5.